The first kappa shape index (κ1) is 17.0. The number of benzene rings is 2. The standard InChI is InChI=1S/C18H17N3O3/c1-19-16(12-14-8-4-2-5-9-14)13-24-18(23)21-17(22)20-15-10-6-3-7-11-15/h1-11,16H,12-13H2,(H-,20,21,22,23)/p+1. The molecule has 6 heteroatoms. The number of urea groups is 1. The Kier molecular flexibility index (Phi) is 6.35. The van der Waals surface area contributed by atoms with Gasteiger partial charge in [0.05, 0.1) is 6.42 Å². The fourth-order valence-corrected chi connectivity index (χ4v) is 2.03. The molecule has 122 valence electrons. The Balaban J connectivity index is 1.75. The smallest absolute Gasteiger partial charge is 0.415 e. The van der Waals surface area contributed by atoms with E-state index in [2.05, 4.69) is 15.5 Å². The number of carbonyl (C=O) groups excluding carboxylic acids is 2. The van der Waals surface area contributed by atoms with Crippen LogP contribution in [0.1, 0.15) is 5.56 Å². The molecule has 0 radical (unpaired) electrons. The SMILES string of the molecule is C#[N+]C(COC(=O)NC(=O)Nc1ccccc1)Cc1ccccc1. The van der Waals surface area contributed by atoms with E-state index in [1.54, 1.807) is 24.3 Å². The average Bonchev–Trinajstić information content (AvgIpc) is 2.60. The van der Waals surface area contributed by atoms with Gasteiger partial charge in [-0.15, -0.1) is 0 Å². The molecular weight excluding hydrogens is 306 g/mol. The Morgan fingerprint density at radius 3 is 2.29 bits per heavy atom. The number of para-hydroxylation sites is 1. The molecule has 3 amide bonds. The topological polar surface area (TPSA) is 71.8 Å². The van der Waals surface area contributed by atoms with Crippen LogP contribution in [0.15, 0.2) is 60.7 Å². The molecule has 0 heterocycles. The zero-order valence-electron chi connectivity index (χ0n) is 13.0. The predicted octanol–water partition coefficient (Wildman–Crippen LogP) is 3.52. The molecule has 0 aromatic heterocycles. The average molecular weight is 324 g/mol. The summed E-state index contributed by atoms with van der Waals surface area (Å²) in [6, 6.07) is 17.3. The lowest BCUT2D eigenvalue weighted by Gasteiger charge is -2.08. The summed E-state index contributed by atoms with van der Waals surface area (Å²) in [5.74, 6) is 0. The van der Waals surface area contributed by atoms with Crippen LogP contribution < -0.4 is 10.6 Å². The third-order valence-electron chi connectivity index (χ3n) is 3.18. The van der Waals surface area contributed by atoms with Crippen LogP contribution in [0, 0.1) is 6.57 Å². The van der Waals surface area contributed by atoms with Crippen molar-refractivity contribution < 1.29 is 14.3 Å². The maximum Gasteiger partial charge on any atom is 0.415 e. The van der Waals surface area contributed by atoms with Crippen molar-refractivity contribution >= 4 is 17.8 Å². The minimum Gasteiger partial charge on any atom is -0.441 e. The number of ether oxygens (including phenoxy) is 1. The maximum absolute atomic E-state index is 11.7. The number of anilines is 1. The van der Waals surface area contributed by atoms with Gasteiger partial charge in [-0.05, 0) is 17.7 Å². The third kappa shape index (κ3) is 5.81. The zero-order valence-corrected chi connectivity index (χ0v) is 13.0. The normalized spacial score (nSPS) is 11.0. The monoisotopic (exact) mass is 324 g/mol. The van der Waals surface area contributed by atoms with E-state index >= 15 is 0 Å². The van der Waals surface area contributed by atoms with Gasteiger partial charge in [-0.2, -0.15) is 0 Å². The molecule has 2 aromatic carbocycles. The predicted molar refractivity (Wildman–Crippen MR) is 92.2 cm³/mol. The molecule has 0 bridgehead atoms. The Bertz CT molecular complexity index is 711. The van der Waals surface area contributed by atoms with Crippen molar-refractivity contribution in [2.24, 2.45) is 0 Å². The van der Waals surface area contributed by atoms with Crippen molar-refractivity contribution in [3.8, 4) is 6.57 Å². The summed E-state index contributed by atoms with van der Waals surface area (Å²) in [6.45, 7) is 5.33. The highest BCUT2D eigenvalue weighted by Gasteiger charge is 2.20. The lowest BCUT2D eigenvalue weighted by molar-refractivity contribution is 0.145. The van der Waals surface area contributed by atoms with Crippen LogP contribution in [-0.2, 0) is 11.2 Å². The zero-order chi connectivity index (χ0) is 17.2. The highest BCUT2D eigenvalue weighted by molar-refractivity contribution is 5.98. The van der Waals surface area contributed by atoms with E-state index in [9.17, 15) is 9.59 Å². The molecule has 2 rings (SSSR count). The second-order valence-electron chi connectivity index (χ2n) is 5.04. The van der Waals surface area contributed by atoms with Gasteiger partial charge in [-0.1, -0.05) is 53.4 Å². The summed E-state index contributed by atoms with van der Waals surface area (Å²) in [7, 11) is 0. The van der Waals surface area contributed by atoms with Gasteiger partial charge in [0.25, 0.3) is 6.57 Å². The van der Waals surface area contributed by atoms with Gasteiger partial charge in [0.1, 0.15) is 0 Å². The minimum absolute atomic E-state index is 0.0180. The van der Waals surface area contributed by atoms with E-state index in [1.807, 2.05) is 36.4 Å². The Morgan fingerprint density at radius 1 is 1.04 bits per heavy atom. The summed E-state index contributed by atoms with van der Waals surface area (Å²) in [4.78, 5) is 27.0. The molecule has 24 heavy (non-hydrogen) atoms. The van der Waals surface area contributed by atoms with Crippen LogP contribution in [0.25, 0.3) is 4.85 Å². The summed E-state index contributed by atoms with van der Waals surface area (Å²) in [5.41, 5.74) is 1.60. The fraction of sp³-hybridized carbons (Fsp3) is 0.167. The summed E-state index contributed by atoms with van der Waals surface area (Å²) in [6.07, 6.45) is -0.314. The molecule has 0 aliphatic carbocycles. The van der Waals surface area contributed by atoms with E-state index in [0.29, 0.717) is 12.1 Å². The van der Waals surface area contributed by atoms with Crippen molar-refractivity contribution in [2.75, 3.05) is 11.9 Å². The van der Waals surface area contributed by atoms with Crippen LogP contribution in [-0.4, -0.2) is 24.8 Å². The van der Waals surface area contributed by atoms with Crippen LogP contribution >= 0.6 is 0 Å². The lowest BCUT2D eigenvalue weighted by atomic mass is 10.1. The maximum atomic E-state index is 11.7. The first-order valence-corrected chi connectivity index (χ1v) is 7.41. The molecule has 2 N–H and O–H groups in total. The van der Waals surface area contributed by atoms with Crippen molar-refractivity contribution in [3.05, 3.63) is 71.1 Å². The third-order valence-corrected chi connectivity index (χ3v) is 3.18. The number of imide groups is 1. The molecule has 1 unspecified atom stereocenters. The van der Waals surface area contributed by atoms with Crippen LogP contribution in [0.2, 0.25) is 0 Å². The highest BCUT2D eigenvalue weighted by Crippen LogP contribution is 2.07. The van der Waals surface area contributed by atoms with E-state index in [0.717, 1.165) is 5.56 Å². The molecule has 0 spiro atoms. The van der Waals surface area contributed by atoms with Crippen molar-refractivity contribution in [3.63, 3.8) is 0 Å². The van der Waals surface area contributed by atoms with E-state index in [-0.39, 0.29) is 12.6 Å². The van der Waals surface area contributed by atoms with Crippen molar-refractivity contribution in [1.29, 1.82) is 0 Å². The molecule has 1 atom stereocenters. The fourth-order valence-electron chi connectivity index (χ4n) is 2.03. The van der Waals surface area contributed by atoms with Crippen molar-refractivity contribution in [1.82, 2.24) is 5.32 Å². The van der Waals surface area contributed by atoms with Crippen molar-refractivity contribution in [2.45, 2.75) is 12.5 Å². The van der Waals surface area contributed by atoms with Gasteiger partial charge < -0.3 is 10.1 Å². The number of hydrogen-bond donors (Lipinski definition) is 2. The van der Waals surface area contributed by atoms with Crippen LogP contribution in [0.5, 0.6) is 0 Å². The molecule has 2 aromatic rings. The Morgan fingerprint density at radius 2 is 1.67 bits per heavy atom. The summed E-state index contributed by atoms with van der Waals surface area (Å²) < 4.78 is 4.99. The molecule has 0 saturated carbocycles. The number of amides is 3. The second kappa shape index (κ2) is 8.96. The van der Waals surface area contributed by atoms with Gasteiger partial charge in [0, 0.05) is 5.69 Å². The van der Waals surface area contributed by atoms with E-state index < -0.39 is 12.1 Å². The van der Waals surface area contributed by atoms with Crippen LogP contribution in [0.4, 0.5) is 15.3 Å². The van der Waals surface area contributed by atoms with Gasteiger partial charge in [0.2, 0.25) is 0 Å². The molecular formula is C18H18N3O3+. The number of alkyl carbamates (subject to hydrolysis) is 1. The largest absolute Gasteiger partial charge is 0.441 e. The van der Waals surface area contributed by atoms with Crippen LogP contribution in [0.3, 0.4) is 0 Å². The summed E-state index contributed by atoms with van der Waals surface area (Å²) >= 11 is 0. The van der Waals surface area contributed by atoms with Gasteiger partial charge in [0.15, 0.2) is 6.61 Å². The van der Waals surface area contributed by atoms with E-state index in [4.69, 9.17) is 11.3 Å². The Hall–Kier alpha value is -3.33. The molecule has 0 aliphatic heterocycles. The molecule has 0 fully saturated rings. The molecule has 0 aliphatic rings. The van der Waals surface area contributed by atoms with Gasteiger partial charge in [-0.25, -0.2) is 14.9 Å². The number of rotatable bonds is 5. The number of hydrogen-bond acceptors (Lipinski definition) is 3. The minimum atomic E-state index is -0.856. The number of carbonyl (C=O) groups is 2. The molecule has 0 saturated heterocycles. The summed E-state index contributed by atoms with van der Waals surface area (Å²) in [5, 5.41) is 4.59. The number of nitrogens with one attached hydrogen (secondary N) is 2. The molecule has 6 nitrogen and oxygen atoms in total. The quantitative estimate of drug-likeness (QED) is 0.884. The Labute approximate surface area is 140 Å². The first-order valence-electron chi connectivity index (χ1n) is 7.41. The second-order valence-corrected chi connectivity index (χ2v) is 5.04. The van der Waals surface area contributed by atoms with Gasteiger partial charge >= 0.3 is 18.2 Å². The van der Waals surface area contributed by atoms with Gasteiger partial charge in [-0.3, -0.25) is 0 Å². The lowest BCUT2D eigenvalue weighted by Crippen LogP contribution is -2.36. The van der Waals surface area contributed by atoms with E-state index in [1.165, 1.54) is 0 Å². The number of nitrogens with zero attached hydrogens (tertiary/aromatic N) is 1. The highest BCUT2D eigenvalue weighted by atomic mass is 16.5. The first-order chi connectivity index (χ1) is 11.7.